The van der Waals surface area contributed by atoms with Gasteiger partial charge in [0.25, 0.3) is 5.91 Å². The molecular weight excluding hydrogens is 355 g/mol. The number of nitrogens with one attached hydrogen (secondary N) is 1. The molecule has 0 radical (unpaired) electrons. The molecule has 0 saturated carbocycles. The summed E-state index contributed by atoms with van der Waals surface area (Å²) in [6.07, 6.45) is 1.66. The van der Waals surface area contributed by atoms with Crippen molar-refractivity contribution < 1.29 is 18.0 Å². The largest absolute Gasteiger partial charge is 0.435 e. The van der Waals surface area contributed by atoms with Gasteiger partial charge in [0.05, 0.1) is 5.56 Å². The molecule has 1 aromatic heterocycles. The maximum Gasteiger partial charge on any atom is 0.435 e. The van der Waals surface area contributed by atoms with E-state index in [0.29, 0.717) is 12.1 Å². The van der Waals surface area contributed by atoms with Crippen molar-refractivity contribution in [1.29, 1.82) is 0 Å². The number of nitrogens with zero attached hydrogens (tertiary/aromatic N) is 2. The molecule has 1 aromatic carbocycles. The summed E-state index contributed by atoms with van der Waals surface area (Å²) in [6, 6.07) is 5.39. The minimum Gasteiger partial charge on any atom is -0.322 e. The van der Waals surface area contributed by atoms with Crippen molar-refractivity contribution in [3.63, 3.8) is 0 Å². The van der Waals surface area contributed by atoms with E-state index in [-0.39, 0.29) is 17.0 Å². The summed E-state index contributed by atoms with van der Waals surface area (Å²) in [4.78, 5) is 12.8. The van der Waals surface area contributed by atoms with Gasteiger partial charge in [0.15, 0.2) is 5.69 Å². The van der Waals surface area contributed by atoms with Crippen molar-refractivity contribution in [3.8, 4) is 12.3 Å². The molecule has 3 rings (SSSR count). The Balaban J connectivity index is 2.06. The lowest BCUT2D eigenvalue weighted by Gasteiger charge is -2.19. The normalized spacial score (nSPS) is 18.1. The fraction of sp³-hybridized carbons (Fsp3) is 0.400. The predicted molar refractivity (Wildman–Crippen MR) is 96.6 cm³/mol. The maximum atomic E-state index is 13.3. The van der Waals surface area contributed by atoms with Crippen molar-refractivity contribution in [1.82, 2.24) is 9.78 Å². The molecule has 4 nitrogen and oxygen atoms in total. The molecule has 2 aromatic rings. The number of halogens is 3. The van der Waals surface area contributed by atoms with E-state index in [4.69, 9.17) is 6.42 Å². The summed E-state index contributed by atoms with van der Waals surface area (Å²) in [5, 5.41) is 6.11. The predicted octanol–water partition coefficient (Wildman–Crippen LogP) is 4.40. The highest BCUT2D eigenvalue weighted by molar-refractivity contribution is 6.06. The molecule has 0 fully saturated rings. The lowest BCUT2D eigenvalue weighted by molar-refractivity contribution is -0.141. The van der Waals surface area contributed by atoms with Gasteiger partial charge in [0, 0.05) is 24.3 Å². The number of carbonyl (C=O) groups is 1. The third-order valence-corrected chi connectivity index (χ3v) is 5.18. The van der Waals surface area contributed by atoms with Crippen LogP contribution in [0, 0.1) is 19.3 Å². The molecule has 0 unspecified atom stereocenters. The number of anilines is 1. The maximum absolute atomic E-state index is 13.3. The first kappa shape index (κ1) is 19.0. The molecule has 27 heavy (non-hydrogen) atoms. The molecule has 1 N–H and O–H groups in total. The summed E-state index contributed by atoms with van der Waals surface area (Å²) in [5.41, 5.74) is 0.548. The van der Waals surface area contributed by atoms with Crippen molar-refractivity contribution in [2.75, 3.05) is 5.32 Å². The van der Waals surface area contributed by atoms with Crippen LogP contribution in [0.25, 0.3) is 0 Å². The molecule has 0 bridgehead atoms. The van der Waals surface area contributed by atoms with Gasteiger partial charge in [-0.3, -0.25) is 9.48 Å². The Kier molecular flexibility index (Phi) is 4.34. The number of amides is 1. The van der Waals surface area contributed by atoms with Crippen molar-refractivity contribution in [2.24, 2.45) is 7.05 Å². The van der Waals surface area contributed by atoms with Crippen LogP contribution < -0.4 is 5.32 Å². The number of rotatable bonds is 2. The van der Waals surface area contributed by atoms with Crippen LogP contribution in [-0.2, 0) is 18.6 Å². The van der Waals surface area contributed by atoms with Gasteiger partial charge in [-0.1, -0.05) is 31.9 Å². The molecule has 0 spiro atoms. The second-order valence-corrected chi connectivity index (χ2v) is 7.46. The zero-order valence-corrected chi connectivity index (χ0v) is 15.5. The van der Waals surface area contributed by atoms with Crippen LogP contribution in [0.1, 0.15) is 59.1 Å². The Bertz CT molecular complexity index is 964. The molecule has 1 aliphatic rings. The molecule has 1 heterocycles. The molecule has 1 aliphatic carbocycles. The van der Waals surface area contributed by atoms with E-state index < -0.39 is 23.3 Å². The molecule has 0 aliphatic heterocycles. The van der Waals surface area contributed by atoms with Gasteiger partial charge in [-0.05, 0) is 36.0 Å². The molecule has 1 atom stereocenters. The van der Waals surface area contributed by atoms with Crippen LogP contribution in [0.2, 0.25) is 0 Å². The average Bonchev–Trinajstić information content (AvgIpc) is 3.02. The van der Waals surface area contributed by atoms with Crippen LogP contribution in [0.4, 0.5) is 18.9 Å². The Morgan fingerprint density at radius 2 is 2.07 bits per heavy atom. The number of hydrogen-bond acceptors (Lipinski definition) is 2. The van der Waals surface area contributed by atoms with E-state index in [9.17, 15) is 18.0 Å². The van der Waals surface area contributed by atoms with Crippen molar-refractivity contribution in [3.05, 3.63) is 46.3 Å². The van der Waals surface area contributed by atoms with E-state index in [1.165, 1.54) is 14.0 Å². The van der Waals surface area contributed by atoms with Gasteiger partial charge in [-0.25, -0.2) is 0 Å². The fourth-order valence-electron chi connectivity index (χ4n) is 3.77. The average molecular weight is 375 g/mol. The highest BCUT2D eigenvalue weighted by Crippen LogP contribution is 2.48. The number of hydrogen-bond donors (Lipinski definition) is 1. The smallest absolute Gasteiger partial charge is 0.322 e. The first-order chi connectivity index (χ1) is 12.5. The SMILES string of the molecule is C#C[C@H]1CC(C)(C)c2cccc(NC(=O)c3c(C(F)(F)F)nn(C)c3C)c21. The Labute approximate surface area is 155 Å². The molecule has 7 heteroatoms. The quantitative estimate of drug-likeness (QED) is 0.791. The number of fused-ring (bicyclic) bond motifs is 1. The second kappa shape index (κ2) is 6.15. The summed E-state index contributed by atoms with van der Waals surface area (Å²) in [5.74, 6) is 1.68. The molecule has 142 valence electrons. The minimum atomic E-state index is -4.72. The first-order valence-electron chi connectivity index (χ1n) is 8.49. The Hall–Kier alpha value is -2.75. The second-order valence-electron chi connectivity index (χ2n) is 7.46. The van der Waals surface area contributed by atoms with Gasteiger partial charge < -0.3 is 5.32 Å². The van der Waals surface area contributed by atoms with Crippen molar-refractivity contribution in [2.45, 2.75) is 44.7 Å². The highest BCUT2D eigenvalue weighted by atomic mass is 19.4. The van der Waals surface area contributed by atoms with Crippen LogP contribution in [0.5, 0.6) is 0 Å². The monoisotopic (exact) mass is 375 g/mol. The zero-order valence-electron chi connectivity index (χ0n) is 15.5. The third-order valence-electron chi connectivity index (χ3n) is 5.18. The molecule has 1 amide bonds. The van der Waals surface area contributed by atoms with Crippen LogP contribution in [-0.4, -0.2) is 15.7 Å². The topological polar surface area (TPSA) is 46.9 Å². The molecule has 0 saturated heterocycles. The first-order valence-corrected chi connectivity index (χ1v) is 8.49. The van der Waals surface area contributed by atoms with E-state index in [1.54, 1.807) is 12.1 Å². The van der Waals surface area contributed by atoms with Gasteiger partial charge in [-0.15, -0.1) is 6.42 Å². The number of benzene rings is 1. The summed E-state index contributed by atoms with van der Waals surface area (Å²) >= 11 is 0. The minimum absolute atomic E-state index is 0.140. The lowest BCUT2D eigenvalue weighted by Crippen LogP contribution is -2.19. The number of aryl methyl sites for hydroxylation is 1. The number of carbonyl (C=O) groups excluding carboxylic acids is 1. The van der Waals surface area contributed by atoms with Gasteiger partial charge in [0.2, 0.25) is 0 Å². The number of alkyl halides is 3. The van der Waals surface area contributed by atoms with Crippen LogP contribution in [0.15, 0.2) is 18.2 Å². The zero-order chi connectivity index (χ0) is 20.1. The van der Waals surface area contributed by atoms with Gasteiger partial charge >= 0.3 is 6.18 Å². The number of aromatic nitrogens is 2. The van der Waals surface area contributed by atoms with Gasteiger partial charge in [-0.2, -0.15) is 18.3 Å². The Morgan fingerprint density at radius 1 is 1.41 bits per heavy atom. The van der Waals surface area contributed by atoms with Crippen LogP contribution in [0.3, 0.4) is 0 Å². The van der Waals surface area contributed by atoms with Crippen molar-refractivity contribution >= 4 is 11.6 Å². The highest BCUT2D eigenvalue weighted by Gasteiger charge is 2.41. The summed E-state index contributed by atoms with van der Waals surface area (Å²) < 4.78 is 40.9. The Morgan fingerprint density at radius 3 is 2.67 bits per heavy atom. The number of terminal acetylenes is 1. The molecular formula is C20H20F3N3O. The van der Waals surface area contributed by atoms with Gasteiger partial charge in [0.1, 0.15) is 0 Å². The lowest BCUT2D eigenvalue weighted by atomic mass is 9.86. The summed E-state index contributed by atoms with van der Waals surface area (Å²) in [6.45, 7) is 5.55. The van der Waals surface area contributed by atoms with E-state index >= 15 is 0 Å². The summed E-state index contributed by atoms with van der Waals surface area (Å²) in [7, 11) is 1.37. The van der Waals surface area contributed by atoms with E-state index in [2.05, 4.69) is 30.2 Å². The standard InChI is InChI=1S/C20H20F3N3O/c1-6-12-10-19(3,4)13-8-7-9-14(16(12)13)24-18(27)15-11(2)26(5)25-17(15)20(21,22)23/h1,7-9,12H,10H2,2-5H3,(H,24,27)/t12-/m0/s1. The third kappa shape index (κ3) is 3.09. The van der Waals surface area contributed by atoms with E-state index in [0.717, 1.165) is 15.8 Å². The fourth-order valence-corrected chi connectivity index (χ4v) is 3.77. The van der Waals surface area contributed by atoms with E-state index in [1.807, 2.05) is 6.07 Å². The van der Waals surface area contributed by atoms with Crippen LogP contribution >= 0.6 is 0 Å².